The zero-order chi connectivity index (χ0) is 14.5. The Balaban J connectivity index is 2.81. The fraction of sp³-hybridized carbons (Fsp3) is 0.727. The third-order valence-electron chi connectivity index (χ3n) is 2.73. The van der Waals surface area contributed by atoms with E-state index in [0.29, 0.717) is 24.0 Å². The van der Waals surface area contributed by atoms with Crippen molar-refractivity contribution in [3.05, 3.63) is 10.5 Å². The molecule has 1 aromatic heterocycles. The number of carbonyl (C=O) groups is 1. The number of carbonyl (C=O) groups excluding carboxylic acids is 1. The summed E-state index contributed by atoms with van der Waals surface area (Å²) >= 11 is 1.34. The Morgan fingerprint density at radius 3 is 2.79 bits per heavy atom. The van der Waals surface area contributed by atoms with Crippen LogP contribution < -0.4 is 11.0 Å². The molecule has 0 aromatic carbocycles. The molecular weight excluding hydrogens is 268 g/mol. The third kappa shape index (κ3) is 3.60. The molecule has 0 bridgehead atoms. The van der Waals surface area contributed by atoms with Gasteiger partial charge in [0.15, 0.2) is 5.16 Å². The molecule has 19 heavy (non-hydrogen) atoms. The number of likely N-dealkylation sites (N-methyl/N-ethyl adjacent to an activating group) is 1. The van der Waals surface area contributed by atoms with Gasteiger partial charge in [0.05, 0.1) is 7.11 Å². The van der Waals surface area contributed by atoms with E-state index in [4.69, 9.17) is 4.74 Å². The Morgan fingerprint density at radius 1 is 1.58 bits per heavy atom. The quantitative estimate of drug-likeness (QED) is 0.551. The topological polar surface area (TPSA) is 89.0 Å². The van der Waals surface area contributed by atoms with Crippen LogP contribution in [0.1, 0.15) is 20.8 Å². The van der Waals surface area contributed by atoms with Crippen molar-refractivity contribution in [3.8, 4) is 0 Å². The minimum Gasteiger partial charge on any atom is -0.468 e. The first-order valence-electron chi connectivity index (χ1n) is 6.10. The predicted molar refractivity (Wildman–Crippen MR) is 73.3 cm³/mol. The van der Waals surface area contributed by atoms with E-state index >= 15 is 0 Å². The summed E-state index contributed by atoms with van der Waals surface area (Å²) in [6.45, 7) is 6.74. The number of esters is 1. The second-order valence-corrected chi connectivity index (χ2v) is 5.14. The van der Waals surface area contributed by atoms with Gasteiger partial charge in [0.1, 0.15) is 5.54 Å². The molecular formula is C11H20N4O3S. The lowest BCUT2D eigenvalue weighted by atomic mass is 10.1. The van der Waals surface area contributed by atoms with Crippen LogP contribution >= 0.6 is 11.8 Å². The number of ether oxygens (including phenoxy) is 1. The molecule has 7 nitrogen and oxygen atoms in total. The Labute approximate surface area is 116 Å². The predicted octanol–water partition coefficient (Wildman–Crippen LogP) is 0.225. The highest BCUT2D eigenvalue weighted by molar-refractivity contribution is 7.99. The van der Waals surface area contributed by atoms with Crippen molar-refractivity contribution in [1.82, 2.24) is 20.1 Å². The van der Waals surface area contributed by atoms with E-state index in [-0.39, 0.29) is 11.7 Å². The van der Waals surface area contributed by atoms with Gasteiger partial charge in [0.25, 0.3) is 0 Å². The maximum atomic E-state index is 11.8. The summed E-state index contributed by atoms with van der Waals surface area (Å²) in [4.78, 5) is 23.2. The van der Waals surface area contributed by atoms with Gasteiger partial charge in [-0.1, -0.05) is 18.7 Å². The maximum Gasteiger partial charge on any atom is 0.343 e. The summed E-state index contributed by atoms with van der Waals surface area (Å²) in [6.07, 6.45) is 0. The van der Waals surface area contributed by atoms with Gasteiger partial charge >= 0.3 is 11.7 Å². The second kappa shape index (κ2) is 6.76. The lowest BCUT2D eigenvalue weighted by Gasteiger charge is -2.26. The summed E-state index contributed by atoms with van der Waals surface area (Å²) in [6, 6.07) is 0. The molecule has 0 saturated heterocycles. The molecule has 1 heterocycles. The zero-order valence-corrected chi connectivity index (χ0v) is 12.5. The number of rotatable bonds is 7. The monoisotopic (exact) mass is 288 g/mol. The number of H-pyrrole nitrogens is 1. The molecule has 1 aromatic rings. The van der Waals surface area contributed by atoms with Gasteiger partial charge < -0.3 is 10.1 Å². The van der Waals surface area contributed by atoms with Crippen LogP contribution in [0.4, 0.5) is 0 Å². The number of thioether (sulfide) groups is 1. The summed E-state index contributed by atoms with van der Waals surface area (Å²) in [5, 5.41) is 10.0. The van der Waals surface area contributed by atoms with E-state index in [0.717, 1.165) is 0 Å². The molecule has 0 spiro atoms. The SMILES string of the molecule is CCNC(C)(CSc1n[nH]c(=O)n1CC)C(=O)OC. The maximum absolute atomic E-state index is 11.8. The Kier molecular flexibility index (Phi) is 5.61. The standard InChI is InChI=1S/C11H20N4O3S/c1-5-12-11(3,8(16)18-4)7-19-10-14-13-9(17)15(10)6-2/h12H,5-7H2,1-4H3,(H,13,17). The van der Waals surface area contributed by atoms with Crippen LogP contribution in [0.25, 0.3) is 0 Å². The number of hydrogen-bond acceptors (Lipinski definition) is 6. The molecule has 0 radical (unpaired) electrons. The van der Waals surface area contributed by atoms with Crippen molar-refractivity contribution in [2.45, 2.75) is 38.0 Å². The number of methoxy groups -OCH3 is 1. The van der Waals surface area contributed by atoms with E-state index in [1.807, 2.05) is 13.8 Å². The van der Waals surface area contributed by atoms with Crippen molar-refractivity contribution in [3.63, 3.8) is 0 Å². The van der Waals surface area contributed by atoms with Crippen LogP contribution in [0.15, 0.2) is 9.95 Å². The van der Waals surface area contributed by atoms with Gasteiger partial charge in [0.2, 0.25) is 0 Å². The van der Waals surface area contributed by atoms with Crippen molar-refractivity contribution < 1.29 is 9.53 Å². The van der Waals surface area contributed by atoms with Crippen LogP contribution in [0.5, 0.6) is 0 Å². The smallest absolute Gasteiger partial charge is 0.343 e. The summed E-state index contributed by atoms with van der Waals surface area (Å²) in [5.41, 5.74) is -1.05. The van der Waals surface area contributed by atoms with Crippen LogP contribution in [0, 0.1) is 0 Å². The molecule has 0 fully saturated rings. The fourth-order valence-electron chi connectivity index (χ4n) is 1.70. The van der Waals surface area contributed by atoms with E-state index < -0.39 is 5.54 Å². The molecule has 0 aliphatic carbocycles. The highest BCUT2D eigenvalue weighted by Crippen LogP contribution is 2.20. The Morgan fingerprint density at radius 2 is 2.26 bits per heavy atom. The number of hydrogen-bond donors (Lipinski definition) is 2. The molecule has 108 valence electrons. The molecule has 2 N–H and O–H groups in total. The zero-order valence-electron chi connectivity index (χ0n) is 11.6. The fourth-order valence-corrected chi connectivity index (χ4v) is 2.81. The minimum atomic E-state index is -0.804. The van der Waals surface area contributed by atoms with Gasteiger partial charge in [-0.25, -0.2) is 9.89 Å². The molecule has 0 saturated carbocycles. The molecule has 0 aliphatic heterocycles. The molecule has 1 atom stereocenters. The number of aromatic amines is 1. The second-order valence-electron chi connectivity index (χ2n) is 4.20. The van der Waals surface area contributed by atoms with E-state index in [1.54, 1.807) is 6.92 Å². The molecule has 0 amide bonds. The van der Waals surface area contributed by atoms with Crippen molar-refractivity contribution in [1.29, 1.82) is 0 Å². The highest BCUT2D eigenvalue weighted by atomic mass is 32.2. The normalized spacial score (nSPS) is 14.1. The van der Waals surface area contributed by atoms with E-state index in [2.05, 4.69) is 15.5 Å². The number of nitrogens with zero attached hydrogens (tertiary/aromatic N) is 2. The molecule has 0 aliphatic rings. The number of aromatic nitrogens is 3. The van der Waals surface area contributed by atoms with Crippen molar-refractivity contribution in [2.75, 3.05) is 19.4 Å². The van der Waals surface area contributed by atoms with Crippen LogP contribution in [0.2, 0.25) is 0 Å². The van der Waals surface area contributed by atoms with Crippen LogP contribution in [-0.4, -0.2) is 45.7 Å². The van der Waals surface area contributed by atoms with E-state index in [1.165, 1.54) is 23.4 Å². The first-order valence-corrected chi connectivity index (χ1v) is 7.08. The van der Waals surface area contributed by atoms with Gasteiger partial charge in [-0.05, 0) is 20.4 Å². The van der Waals surface area contributed by atoms with E-state index in [9.17, 15) is 9.59 Å². The van der Waals surface area contributed by atoms with Crippen LogP contribution in [0.3, 0.4) is 0 Å². The average molecular weight is 288 g/mol. The van der Waals surface area contributed by atoms with Crippen molar-refractivity contribution >= 4 is 17.7 Å². The summed E-state index contributed by atoms with van der Waals surface area (Å²) in [7, 11) is 1.36. The van der Waals surface area contributed by atoms with Gasteiger partial charge in [-0.3, -0.25) is 9.36 Å². The Hall–Kier alpha value is -1.28. The average Bonchev–Trinajstić information content (AvgIpc) is 2.76. The largest absolute Gasteiger partial charge is 0.468 e. The first-order chi connectivity index (χ1) is 8.98. The lowest BCUT2D eigenvalue weighted by molar-refractivity contribution is -0.146. The molecule has 8 heteroatoms. The van der Waals surface area contributed by atoms with Gasteiger partial charge in [0, 0.05) is 12.3 Å². The first kappa shape index (κ1) is 15.8. The lowest BCUT2D eigenvalue weighted by Crippen LogP contribution is -2.52. The van der Waals surface area contributed by atoms with Gasteiger partial charge in [-0.15, -0.1) is 5.10 Å². The summed E-state index contributed by atoms with van der Waals surface area (Å²) in [5.74, 6) is 0.0976. The van der Waals surface area contributed by atoms with Crippen LogP contribution in [-0.2, 0) is 16.1 Å². The third-order valence-corrected chi connectivity index (χ3v) is 4.02. The highest BCUT2D eigenvalue weighted by Gasteiger charge is 2.34. The van der Waals surface area contributed by atoms with Gasteiger partial charge in [-0.2, -0.15) is 0 Å². The molecule has 1 unspecified atom stereocenters. The number of nitrogens with one attached hydrogen (secondary N) is 2. The minimum absolute atomic E-state index is 0.242. The molecule has 1 rings (SSSR count). The summed E-state index contributed by atoms with van der Waals surface area (Å²) < 4.78 is 6.33. The Bertz CT molecular complexity index is 485. The van der Waals surface area contributed by atoms with Crippen molar-refractivity contribution in [2.24, 2.45) is 0 Å².